The highest BCUT2D eigenvalue weighted by molar-refractivity contribution is 5.95. The summed E-state index contributed by atoms with van der Waals surface area (Å²) in [4.78, 5) is 27.8. The average molecular weight is 502 g/mol. The normalized spacial score (nSPS) is 14.5. The van der Waals surface area contributed by atoms with E-state index in [1.165, 1.54) is 5.56 Å². The minimum Gasteiger partial charge on any atom is -0.394 e. The van der Waals surface area contributed by atoms with Gasteiger partial charge in [0.1, 0.15) is 0 Å². The third-order valence-electron chi connectivity index (χ3n) is 6.45. The second-order valence-electron chi connectivity index (χ2n) is 9.66. The molecule has 194 valence electrons. The molecule has 1 aliphatic rings. The van der Waals surface area contributed by atoms with Crippen molar-refractivity contribution in [2.24, 2.45) is 0 Å². The number of carbonyl (C=O) groups is 2. The summed E-state index contributed by atoms with van der Waals surface area (Å²) in [5.74, 6) is -0.117. The Balaban J connectivity index is 1.37. The van der Waals surface area contributed by atoms with Crippen molar-refractivity contribution in [3.05, 3.63) is 106 Å². The SMILES string of the molecule is CN(C)Cc1cccc(CNC(=O)c2cccc([C@@H](CO)NC(=O)c3ccc(C4CNNC4)cc3)c2)c1. The molecule has 0 aromatic heterocycles. The molecule has 0 spiro atoms. The number of benzene rings is 3. The van der Waals surface area contributed by atoms with Crippen molar-refractivity contribution < 1.29 is 14.7 Å². The van der Waals surface area contributed by atoms with Crippen LogP contribution in [0.1, 0.15) is 54.9 Å². The zero-order chi connectivity index (χ0) is 26.2. The number of hydrogen-bond acceptors (Lipinski definition) is 6. The van der Waals surface area contributed by atoms with Gasteiger partial charge in [0.2, 0.25) is 0 Å². The second kappa shape index (κ2) is 12.6. The lowest BCUT2D eigenvalue weighted by atomic mass is 9.98. The summed E-state index contributed by atoms with van der Waals surface area (Å²) in [5, 5.41) is 15.8. The fourth-order valence-corrected chi connectivity index (χ4v) is 4.47. The third-order valence-corrected chi connectivity index (χ3v) is 6.45. The molecule has 0 aliphatic carbocycles. The number of aliphatic hydroxyl groups excluding tert-OH is 1. The first-order chi connectivity index (χ1) is 17.9. The van der Waals surface area contributed by atoms with Crippen LogP contribution in [-0.4, -0.2) is 55.6 Å². The van der Waals surface area contributed by atoms with Crippen LogP contribution in [0, 0.1) is 0 Å². The maximum atomic E-state index is 12.9. The van der Waals surface area contributed by atoms with Gasteiger partial charge in [-0.15, -0.1) is 0 Å². The van der Waals surface area contributed by atoms with E-state index in [-0.39, 0.29) is 18.4 Å². The average Bonchev–Trinajstić information content (AvgIpc) is 3.45. The number of hydrazine groups is 1. The summed E-state index contributed by atoms with van der Waals surface area (Å²) in [6, 6.07) is 22.0. The first-order valence-corrected chi connectivity index (χ1v) is 12.5. The van der Waals surface area contributed by atoms with Crippen LogP contribution in [0.5, 0.6) is 0 Å². The van der Waals surface area contributed by atoms with Gasteiger partial charge in [-0.05, 0) is 60.6 Å². The van der Waals surface area contributed by atoms with Gasteiger partial charge in [-0.25, -0.2) is 0 Å². The van der Waals surface area contributed by atoms with Crippen LogP contribution in [0.25, 0.3) is 0 Å². The fraction of sp³-hybridized carbons (Fsp3) is 0.310. The Kier molecular flexibility index (Phi) is 9.03. The van der Waals surface area contributed by atoms with E-state index in [4.69, 9.17) is 0 Å². The van der Waals surface area contributed by atoms with Crippen LogP contribution in [0.15, 0.2) is 72.8 Å². The molecule has 3 aromatic rings. The molecule has 5 N–H and O–H groups in total. The van der Waals surface area contributed by atoms with Gasteiger partial charge in [-0.3, -0.25) is 20.4 Å². The molecule has 2 amide bonds. The number of rotatable bonds is 10. The molecule has 1 aliphatic heterocycles. The van der Waals surface area contributed by atoms with Crippen LogP contribution in [0.4, 0.5) is 0 Å². The highest BCUT2D eigenvalue weighted by Crippen LogP contribution is 2.19. The molecule has 8 nitrogen and oxygen atoms in total. The lowest BCUT2D eigenvalue weighted by molar-refractivity contribution is 0.0916. The smallest absolute Gasteiger partial charge is 0.251 e. The number of aliphatic hydroxyl groups is 1. The highest BCUT2D eigenvalue weighted by Gasteiger charge is 2.19. The summed E-state index contributed by atoms with van der Waals surface area (Å²) in [5.41, 5.74) is 11.2. The van der Waals surface area contributed by atoms with E-state index in [0.717, 1.165) is 30.8 Å². The van der Waals surface area contributed by atoms with E-state index in [1.54, 1.807) is 36.4 Å². The van der Waals surface area contributed by atoms with Gasteiger partial charge < -0.3 is 20.6 Å². The topological polar surface area (TPSA) is 106 Å². The van der Waals surface area contributed by atoms with Gasteiger partial charge in [0.05, 0.1) is 12.6 Å². The molecule has 1 fully saturated rings. The molecule has 0 radical (unpaired) electrons. The maximum Gasteiger partial charge on any atom is 0.251 e. The molecular formula is C29H35N5O3. The van der Waals surface area contributed by atoms with Gasteiger partial charge in [0, 0.05) is 43.2 Å². The highest BCUT2D eigenvalue weighted by atomic mass is 16.3. The van der Waals surface area contributed by atoms with Crippen molar-refractivity contribution in [3.8, 4) is 0 Å². The standard InChI is InChI=1S/C29H35N5O3/c1-34(2)18-21-6-3-5-20(13-21)15-30-28(36)25-8-4-7-24(14-25)27(19-35)33-29(37)23-11-9-22(10-12-23)26-16-31-32-17-26/h3-14,26-27,31-32,35H,15-19H2,1-2H3,(H,30,36)(H,33,37)/t27-/m1/s1. The first kappa shape index (κ1) is 26.5. The molecule has 0 saturated carbocycles. The molecule has 1 heterocycles. The van der Waals surface area contributed by atoms with E-state index in [9.17, 15) is 14.7 Å². The van der Waals surface area contributed by atoms with Crippen LogP contribution in [-0.2, 0) is 13.1 Å². The van der Waals surface area contributed by atoms with Gasteiger partial charge in [0.25, 0.3) is 11.8 Å². The second-order valence-corrected chi connectivity index (χ2v) is 9.66. The summed E-state index contributed by atoms with van der Waals surface area (Å²) in [6.45, 7) is 2.66. The number of hydrogen-bond donors (Lipinski definition) is 5. The van der Waals surface area contributed by atoms with Gasteiger partial charge in [-0.2, -0.15) is 0 Å². The summed E-state index contributed by atoms with van der Waals surface area (Å²) < 4.78 is 0. The van der Waals surface area contributed by atoms with E-state index >= 15 is 0 Å². The summed E-state index contributed by atoms with van der Waals surface area (Å²) in [6.07, 6.45) is 0. The van der Waals surface area contributed by atoms with Crippen molar-refractivity contribution in [1.82, 2.24) is 26.4 Å². The van der Waals surface area contributed by atoms with E-state index < -0.39 is 6.04 Å². The first-order valence-electron chi connectivity index (χ1n) is 12.5. The Hall–Kier alpha value is -3.56. The monoisotopic (exact) mass is 501 g/mol. The largest absolute Gasteiger partial charge is 0.394 e. The molecule has 3 aromatic carbocycles. The Morgan fingerprint density at radius 1 is 0.919 bits per heavy atom. The van der Waals surface area contributed by atoms with Gasteiger partial charge in [-0.1, -0.05) is 48.5 Å². The predicted octanol–water partition coefficient (Wildman–Crippen LogP) is 2.33. The fourth-order valence-electron chi connectivity index (χ4n) is 4.47. The van der Waals surface area contributed by atoms with Crippen molar-refractivity contribution >= 4 is 11.8 Å². The molecule has 4 rings (SSSR count). The molecule has 1 atom stereocenters. The lowest BCUT2D eigenvalue weighted by Crippen LogP contribution is -2.31. The van der Waals surface area contributed by atoms with Crippen LogP contribution in [0.3, 0.4) is 0 Å². The van der Waals surface area contributed by atoms with Crippen molar-refractivity contribution in [2.45, 2.75) is 25.0 Å². The Labute approximate surface area is 218 Å². The van der Waals surface area contributed by atoms with Crippen molar-refractivity contribution in [3.63, 3.8) is 0 Å². The Morgan fingerprint density at radius 2 is 1.62 bits per heavy atom. The zero-order valence-electron chi connectivity index (χ0n) is 21.3. The minimum absolute atomic E-state index is 0.214. The van der Waals surface area contributed by atoms with Crippen LogP contribution < -0.4 is 21.5 Å². The van der Waals surface area contributed by atoms with Gasteiger partial charge in [0.15, 0.2) is 0 Å². The van der Waals surface area contributed by atoms with Gasteiger partial charge >= 0.3 is 0 Å². The minimum atomic E-state index is -0.633. The van der Waals surface area contributed by atoms with E-state index in [2.05, 4.69) is 38.5 Å². The summed E-state index contributed by atoms with van der Waals surface area (Å²) in [7, 11) is 4.04. The summed E-state index contributed by atoms with van der Waals surface area (Å²) >= 11 is 0. The Morgan fingerprint density at radius 3 is 2.32 bits per heavy atom. The molecule has 0 bridgehead atoms. The number of amides is 2. The maximum absolute atomic E-state index is 12.9. The van der Waals surface area contributed by atoms with Crippen molar-refractivity contribution in [1.29, 1.82) is 0 Å². The molecule has 1 saturated heterocycles. The van der Waals surface area contributed by atoms with Crippen LogP contribution in [0.2, 0.25) is 0 Å². The molecule has 0 unspecified atom stereocenters. The zero-order valence-corrected chi connectivity index (χ0v) is 21.3. The third kappa shape index (κ3) is 7.24. The number of nitrogens with one attached hydrogen (secondary N) is 4. The molecule has 8 heteroatoms. The number of carbonyl (C=O) groups excluding carboxylic acids is 2. The lowest BCUT2D eigenvalue weighted by Gasteiger charge is -2.18. The number of nitrogens with zero attached hydrogens (tertiary/aromatic N) is 1. The predicted molar refractivity (Wildman–Crippen MR) is 144 cm³/mol. The molecular weight excluding hydrogens is 466 g/mol. The molecule has 37 heavy (non-hydrogen) atoms. The Bertz CT molecular complexity index is 1210. The quantitative estimate of drug-likeness (QED) is 0.292. The van der Waals surface area contributed by atoms with E-state index in [0.29, 0.717) is 29.2 Å². The van der Waals surface area contributed by atoms with Crippen molar-refractivity contribution in [2.75, 3.05) is 33.8 Å². The van der Waals surface area contributed by atoms with E-state index in [1.807, 2.05) is 38.4 Å². The van der Waals surface area contributed by atoms with Crippen LogP contribution >= 0.6 is 0 Å².